The zero-order valence-electron chi connectivity index (χ0n) is 12.6. The van der Waals surface area contributed by atoms with Crippen LogP contribution in [0, 0.1) is 6.92 Å². The lowest BCUT2D eigenvalue weighted by Gasteiger charge is -2.25. The molecule has 6 nitrogen and oxygen atoms in total. The number of hydrogen-bond acceptors (Lipinski definition) is 5. The highest BCUT2D eigenvalue weighted by Crippen LogP contribution is 2.31. The van der Waals surface area contributed by atoms with Gasteiger partial charge in [-0.1, -0.05) is 29.8 Å². The summed E-state index contributed by atoms with van der Waals surface area (Å²) in [5.41, 5.74) is 2.21. The standard InChI is InChI=1S/C15H20N4O2S/c1-12-5-7-13(8-6-12)9-10-22(20,21)11-15-16-17-18-19(15)14-3-2-4-14/h5-8,14H,2-4,9-11H2,1H3. The van der Waals surface area contributed by atoms with Crippen LogP contribution in [-0.2, 0) is 22.0 Å². The third kappa shape index (κ3) is 3.52. The van der Waals surface area contributed by atoms with Crippen LogP contribution in [0.1, 0.15) is 42.3 Å². The molecule has 1 aromatic carbocycles. The summed E-state index contributed by atoms with van der Waals surface area (Å²) in [5.74, 6) is 0.504. The van der Waals surface area contributed by atoms with E-state index in [4.69, 9.17) is 0 Å². The normalized spacial score (nSPS) is 15.7. The summed E-state index contributed by atoms with van der Waals surface area (Å²) in [5, 5.41) is 11.5. The average molecular weight is 320 g/mol. The topological polar surface area (TPSA) is 77.7 Å². The van der Waals surface area contributed by atoms with Crippen LogP contribution >= 0.6 is 0 Å². The molecule has 1 aliphatic rings. The molecule has 0 aliphatic heterocycles. The van der Waals surface area contributed by atoms with Gasteiger partial charge in [-0.05, 0) is 48.6 Å². The third-order valence-corrected chi connectivity index (χ3v) is 5.68. The molecule has 1 heterocycles. The van der Waals surface area contributed by atoms with Gasteiger partial charge in [0.25, 0.3) is 0 Å². The highest BCUT2D eigenvalue weighted by atomic mass is 32.2. The molecular weight excluding hydrogens is 300 g/mol. The zero-order chi connectivity index (χ0) is 15.6. The Labute approximate surface area is 130 Å². The first-order chi connectivity index (χ1) is 10.5. The minimum absolute atomic E-state index is 0.0810. The second-order valence-corrected chi connectivity index (χ2v) is 8.14. The molecule has 0 amide bonds. The largest absolute Gasteiger partial charge is 0.228 e. The summed E-state index contributed by atoms with van der Waals surface area (Å²) in [6, 6.07) is 8.22. The van der Waals surface area contributed by atoms with Crippen molar-refractivity contribution in [2.75, 3.05) is 5.75 Å². The lowest BCUT2D eigenvalue weighted by molar-refractivity contribution is 0.279. The Morgan fingerprint density at radius 2 is 1.95 bits per heavy atom. The number of rotatable bonds is 6. The predicted molar refractivity (Wildman–Crippen MR) is 83.1 cm³/mol. The maximum Gasteiger partial charge on any atom is 0.166 e. The van der Waals surface area contributed by atoms with Crippen molar-refractivity contribution in [3.8, 4) is 0 Å². The quantitative estimate of drug-likeness (QED) is 0.812. The second kappa shape index (κ2) is 6.16. The molecule has 0 bridgehead atoms. The first kappa shape index (κ1) is 15.1. The molecule has 7 heteroatoms. The molecule has 2 aromatic rings. The van der Waals surface area contributed by atoms with Crippen LogP contribution in [0.3, 0.4) is 0 Å². The molecule has 0 spiro atoms. The molecule has 3 rings (SSSR count). The van der Waals surface area contributed by atoms with Gasteiger partial charge in [0.05, 0.1) is 11.8 Å². The Morgan fingerprint density at radius 3 is 2.59 bits per heavy atom. The number of hydrogen-bond donors (Lipinski definition) is 0. The van der Waals surface area contributed by atoms with E-state index in [1.807, 2.05) is 31.2 Å². The summed E-state index contributed by atoms with van der Waals surface area (Å²) in [6.07, 6.45) is 3.74. The van der Waals surface area contributed by atoms with Gasteiger partial charge in [-0.15, -0.1) is 5.10 Å². The number of benzene rings is 1. The minimum Gasteiger partial charge on any atom is -0.228 e. The minimum atomic E-state index is -3.22. The fourth-order valence-electron chi connectivity index (χ4n) is 2.52. The van der Waals surface area contributed by atoms with Crippen molar-refractivity contribution >= 4 is 9.84 Å². The van der Waals surface area contributed by atoms with E-state index in [1.54, 1.807) is 4.68 Å². The van der Waals surface area contributed by atoms with Crippen molar-refractivity contribution in [1.82, 2.24) is 20.2 Å². The van der Waals surface area contributed by atoms with Crippen molar-refractivity contribution in [3.63, 3.8) is 0 Å². The maximum atomic E-state index is 12.3. The van der Waals surface area contributed by atoms with Crippen LogP contribution < -0.4 is 0 Å². The van der Waals surface area contributed by atoms with Crippen molar-refractivity contribution in [3.05, 3.63) is 41.2 Å². The molecule has 0 N–H and O–H groups in total. The number of aryl methyl sites for hydroxylation is 2. The van der Waals surface area contributed by atoms with Crippen molar-refractivity contribution in [1.29, 1.82) is 0 Å². The van der Waals surface area contributed by atoms with Gasteiger partial charge in [0.1, 0.15) is 5.75 Å². The van der Waals surface area contributed by atoms with Crippen LogP contribution in [0.25, 0.3) is 0 Å². The molecule has 0 radical (unpaired) electrons. The highest BCUT2D eigenvalue weighted by Gasteiger charge is 2.26. The summed E-state index contributed by atoms with van der Waals surface area (Å²) in [4.78, 5) is 0. The van der Waals surface area contributed by atoms with E-state index in [9.17, 15) is 8.42 Å². The van der Waals surface area contributed by atoms with Crippen LogP contribution in [0.2, 0.25) is 0 Å². The highest BCUT2D eigenvalue weighted by molar-refractivity contribution is 7.90. The summed E-state index contributed by atoms with van der Waals surface area (Å²) in [7, 11) is -3.22. The molecule has 118 valence electrons. The van der Waals surface area contributed by atoms with E-state index < -0.39 is 9.84 Å². The Morgan fingerprint density at radius 1 is 1.23 bits per heavy atom. The second-order valence-electron chi connectivity index (χ2n) is 5.95. The average Bonchev–Trinajstić information content (AvgIpc) is 2.84. The Bertz CT molecular complexity index is 733. The monoisotopic (exact) mass is 320 g/mol. The number of tetrazole rings is 1. The van der Waals surface area contributed by atoms with Crippen LogP contribution in [0.15, 0.2) is 24.3 Å². The predicted octanol–water partition coefficient (Wildman–Crippen LogP) is 1.86. The third-order valence-electron chi connectivity index (χ3n) is 4.15. The first-order valence-corrected chi connectivity index (χ1v) is 9.38. The zero-order valence-corrected chi connectivity index (χ0v) is 13.5. The van der Waals surface area contributed by atoms with Gasteiger partial charge in [0, 0.05) is 0 Å². The molecule has 1 saturated carbocycles. The molecule has 0 atom stereocenters. The van der Waals surface area contributed by atoms with E-state index in [1.165, 1.54) is 5.56 Å². The Kier molecular flexibility index (Phi) is 4.24. The van der Waals surface area contributed by atoms with Gasteiger partial charge in [0.2, 0.25) is 0 Å². The van der Waals surface area contributed by atoms with Gasteiger partial charge >= 0.3 is 0 Å². The molecule has 1 aromatic heterocycles. The van der Waals surface area contributed by atoms with E-state index in [2.05, 4.69) is 15.5 Å². The van der Waals surface area contributed by atoms with Crippen LogP contribution in [-0.4, -0.2) is 34.4 Å². The number of aromatic nitrogens is 4. The van der Waals surface area contributed by atoms with Gasteiger partial charge < -0.3 is 0 Å². The summed E-state index contributed by atoms with van der Waals surface area (Å²) in [6.45, 7) is 2.01. The molecule has 1 aliphatic carbocycles. The van der Waals surface area contributed by atoms with Gasteiger partial charge in [-0.2, -0.15) is 0 Å². The summed E-state index contributed by atoms with van der Waals surface area (Å²) >= 11 is 0. The number of sulfone groups is 1. The first-order valence-electron chi connectivity index (χ1n) is 7.56. The molecule has 22 heavy (non-hydrogen) atoms. The lowest BCUT2D eigenvalue weighted by atomic mass is 9.93. The lowest BCUT2D eigenvalue weighted by Crippen LogP contribution is -2.23. The molecule has 1 fully saturated rings. The van der Waals surface area contributed by atoms with Crippen molar-refractivity contribution < 1.29 is 8.42 Å². The van der Waals surface area contributed by atoms with E-state index in [-0.39, 0.29) is 17.5 Å². The Balaban J connectivity index is 1.63. The SMILES string of the molecule is Cc1ccc(CCS(=O)(=O)Cc2nnnn2C2CCC2)cc1. The van der Waals surface area contributed by atoms with Crippen molar-refractivity contribution in [2.24, 2.45) is 0 Å². The van der Waals surface area contributed by atoms with Crippen LogP contribution in [0.4, 0.5) is 0 Å². The van der Waals surface area contributed by atoms with Gasteiger partial charge in [-0.25, -0.2) is 13.1 Å². The fraction of sp³-hybridized carbons (Fsp3) is 0.533. The van der Waals surface area contributed by atoms with Gasteiger partial charge in [0.15, 0.2) is 15.7 Å². The molecule has 0 saturated heterocycles. The Hall–Kier alpha value is -1.76. The van der Waals surface area contributed by atoms with E-state index in [0.29, 0.717) is 12.2 Å². The van der Waals surface area contributed by atoms with E-state index in [0.717, 1.165) is 24.8 Å². The van der Waals surface area contributed by atoms with Gasteiger partial charge in [-0.3, -0.25) is 0 Å². The molecule has 0 unspecified atom stereocenters. The summed E-state index contributed by atoms with van der Waals surface area (Å²) < 4.78 is 26.3. The number of nitrogens with zero attached hydrogens (tertiary/aromatic N) is 4. The smallest absolute Gasteiger partial charge is 0.166 e. The molecular formula is C15H20N4O2S. The van der Waals surface area contributed by atoms with Crippen LogP contribution in [0.5, 0.6) is 0 Å². The fourth-order valence-corrected chi connectivity index (χ4v) is 3.79. The maximum absolute atomic E-state index is 12.3. The van der Waals surface area contributed by atoms with E-state index >= 15 is 0 Å². The van der Waals surface area contributed by atoms with Crippen molar-refractivity contribution in [2.45, 2.75) is 44.4 Å².